The zero-order chi connectivity index (χ0) is 37.4. The highest BCUT2D eigenvalue weighted by Gasteiger charge is 2.41. The maximum absolute atomic E-state index is 13.2. The first-order chi connectivity index (χ1) is 26.3. The number of benzene rings is 4. The molecule has 0 radical (unpaired) electrons. The molecule has 2 N–H and O–H groups in total. The number of nitrogens with zero attached hydrogens (tertiary/aromatic N) is 3. The maximum Gasteiger partial charge on any atom is 0.408 e. The molecule has 5 atom stereocenters. The molecule has 0 aromatic heterocycles. The van der Waals surface area contributed by atoms with Gasteiger partial charge in [0.1, 0.15) is 12.6 Å². The fraction of sp³-hybridized carbons (Fsp3) is 0.372. The number of hydrogen-bond donors (Lipinski definition) is 2. The lowest BCUT2D eigenvalue weighted by Gasteiger charge is -2.44. The molecule has 54 heavy (non-hydrogen) atoms. The highest BCUT2D eigenvalue weighted by Crippen LogP contribution is 2.42. The van der Waals surface area contributed by atoms with Gasteiger partial charge in [-0.05, 0) is 27.8 Å². The van der Waals surface area contributed by atoms with Gasteiger partial charge in [0.2, 0.25) is 5.91 Å². The first kappa shape index (κ1) is 37.4. The summed E-state index contributed by atoms with van der Waals surface area (Å²) >= 11 is 0. The third-order valence-electron chi connectivity index (χ3n) is 10.6. The summed E-state index contributed by atoms with van der Waals surface area (Å²) in [4.78, 5) is 44.6. The number of aliphatic hydroxyl groups excluding tert-OH is 1. The van der Waals surface area contributed by atoms with E-state index in [1.54, 1.807) is 0 Å². The molecule has 0 aliphatic carbocycles. The van der Waals surface area contributed by atoms with Gasteiger partial charge in [-0.25, -0.2) is 4.79 Å². The van der Waals surface area contributed by atoms with Crippen molar-refractivity contribution in [3.8, 4) is 0 Å². The minimum Gasteiger partial charge on any atom is -0.445 e. The van der Waals surface area contributed by atoms with Gasteiger partial charge in [0, 0.05) is 50.7 Å². The molecule has 282 valence electrons. The monoisotopic (exact) mass is 732 g/mol. The van der Waals surface area contributed by atoms with E-state index in [1.807, 2.05) is 78.9 Å². The normalized spacial score (nSPS) is 23.7. The number of carbonyl (C=O) groups excluding carboxylic acids is 3. The van der Waals surface area contributed by atoms with Crippen molar-refractivity contribution < 1.29 is 33.7 Å². The van der Waals surface area contributed by atoms with Gasteiger partial charge in [-0.3, -0.25) is 24.3 Å². The zero-order valence-corrected chi connectivity index (χ0v) is 30.6. The molecule has 7 rings (SSSR count). The molecule has 4 aromatic carbocycles. The van der Waals surface area contributed by atoms with E-state index in [1.165, 1.54) is 10.5 Å². The van der Waals surface area contributed by atoms with Crippen LogP contribution in [0.1, 0.15) is 59.1 Å². The van der Waals surface area contributed by atoms with Gasteiger partial charge >= 0.3 is 6.09 Å². The van der Waals surface area contributed by atoms with Gasteiger partial charge in [-0.15, -0.1) is 0 Å². The molecule has 5 unspecified atom stereocenters. The van der Waals surface area contributed by atoms with E-state index < -0.39 is 24.3 Å². The molecule has 3 saturated heterocycles. The van der Waals surface area contributed by atoms with Crippen LogP contribution in [0.25, 0.3) is 0 Å². The SMILES string of the molecule is CC1C(CN2CCN(Cc3ccccc3)CC2)OC(c2ccc(CN3C(=O)CC(NC(=O)OCc4ccccc4)C3=O)cc2)OC1c1ccc(CO)cc1. The summed E-state index contributed by atoms with van der Waals surface area (Å²) in [7, 11) is 0. The molecule has 4 aromatic rings. The fourth-order valence-corrected chi connectivity index (χ4v) is 7.39. The number of ether oxygens (including phenoxy) is 3. The smallest absolute Gasteiger partial charge is 0.408 e. The molecule has 3 heterocycles. The van der Waals surface area contributed by atoms with Crippen molar-refractivity contribution in [2.45, 2.75) is 64.2 Å². The second-order valence-electron chi connectivity index (χ2n) is 14.4. The Morgan fingerprint density at radius 2 is 1.33 bits per heavy atom. The van der Waals surface area contributed by atoms with Crippen LogP contribution in [0.15, 0.2) is 109 Å². The summed E-state index contributed by atoms with van der Waals surface area (Å²) < 4.78 is 18.7. The van der Waals surface area contributed by atoms with Crippen LogP contribution >= 0.6 is 0 Å². The van der Waals surface area contributed by atoms with E-state index in [0.717, 1.165) is 67.1 Å². The average Bonchev–Trinajstić information content (AvgIpc) is 3.46. The number of likely N-dealkylation sites (tertiary alicyclic amines) is 1. The highest BCUT2D eigenvalue weighted by molar-refractivity contribution is 6.06. The number of aliphatic hydroxyl groups is 1. The summed E-state index contributed by atoms with van der Waals surface area (Å²) in [6.45, 7) is 7.90. The Morgan fingerprint density at radius 3 is 2.00 bits per heavy atom. The summed E-state index contributed by atoms with van der Waals surface area (Å²) in [5.74, 6) is -0.760. The summed E-state index contributed by atoms with van der Waals surface area (Å²) in [5, 5.41) is 12.2. The van der Waals surface area contributed by atoms with Crippen molar-refractivity contribution in [2.24, 2.45) is 5.92 Å². The van der Waals surface area contributed by atoms with E-state index in [2.05, 4.69) is 52.4 Å². The van der Waals surface area contributed by atoms with Gasteiger partial charge in [0.05, 0.1) is 31.8 Å². The first-order valence-electron chi connectivity index (χ1n) is 18.7. The predicted molar refractivity (Wildman–Crippen MR) is 201 cm³/mol. The second kappa shape index (κ2) is 17.5. The number of alkyl carbamates (subject to hydrolysis) is 1. The van der Waals surface area contributed by atoms with Crippen molar-refractivity contribution in [3.05, 3.63) is 143 Å². The Hall–Kier alpha value is -4.91. The molecule has 3 aliphatic rings. The lowest BCUT2D eigenvalue weighted by atomic mass is 9.90. The Labute approximate surface area is 316 Å². The van der Waals surface area contributed by atoms with Gasteiger partial charge in [0.25, 0.3) is 5.91 Å². The first-order valence-corrected chi connectivity index (χ1v) is 18.7. The minimum absolute atomic E-state index is 0.0224. The molecular weight excluding hydrogens is 684 g/mol. The van der Waals surface area contributed by atoms with Crippen LogP contribution in [0.4, 0.5) is 4.79 Å². The topological polar surface area (TPSA) is 121 Å². The summed E-state index contributed by atoms with van der Waals surface area (Å²) in [6.07, 6.45) is -1.83. The molecule has 0 saturated carbocycles. The quantitative estimate of drug-likeness (QED) is 0.186. The van der Waals surface area contributed by atoms with Crippen molar-refractivity contribution >= 4 is 17.9 Å². The summed E-state index contributed by atoms with van der Waals surface area (Å²) in [5.41, 5.74) is 5.61. The van der Waals surface area contributed by atoms with Gasteiger partial charge in [-0.2, -0.15) is 0 Å². The Kier molecular flexibility index (Phi) is 12.1. The fourth-order valence-electron chi connectivity index (χ4n) is 7.39. The van der Waals surface area contributed by atoms with E-state index in [9.17, 15) is 19.5 Å². The number of amides is 3. The molecule has 3 fully saturated rings. The van der Waals surface area contributed by atoms with Crippen LogP contribution in [-0.4, -0.2) is 82.6 Å². The van der Waals surface area contributed by atoms with Crippen molar-refractivity contribution in [3.63, 3.8) is 0 Å². The van der Waals surface area contributed by atoms with Crippen LogP contribution in [0, 0.1) is 5.92 Å². The number of hydrogen-bond acceptors (Lipinski definition) is 9. The highest BCUT2D eigenvalue weighted by atomic mass is 16.7. The Bertz CT molecular complexity index is 1850. The standard InChI is InChI=1S/C43H48N4O7/c1-30-38(27-46-22-20-45(21-23-46)25-31-8-4-2-5-9-31)53-42(54-40(30)35-16-14-33(28-48)15-17-35)36-18-12-32(13-19-36)26-47-39(49)24-37(41(47)50)44-43(51)52-29-34-10-6-3-7-11-34/h2-19,30,37-38,40,42,48H,20-29H2,1H3,(H,44,51). The molecule has 0 spiro atoms. The predicted octanol–water partition coefficient (Wildman–Crippen LogP) is 5.34. The molecule has 11 heteroatoms. The third kappa shape index (κ3) is 9.23. The van der Waals surface area contributed by atoms with Crippen LogP contribution in [0.5, 0.6) is 0 Å². The van der Waals surface area contributed by atoms with Gasteiger partial charge < -0.3 is 24.6 Å². The molecule has 3 aliphatic heterocycles. The lowest BCUT2D eigenvalue weighted by molar-refractivity contribution is -0.276. The van der Waals surface area contributed by atoms with Crippen molar-refractivity contribution in [2.75, 3.05) is 32.7 Å². The molecular formula is C43H48N4O7. The number of piperazine rings is 1. The van der Waals surface area contributed by atoms with Crippen molar-refractivity contribution in [1.29, 1.82) is 0 Å². The molecule has 11 nitrogen and oxygen atoms in total. The van der Waals surface area contributed by atoms with Crippen LogP contribution in [0.2, 0.25) is 0 Å². The van der Waals surface area contributed by atoms with E-state index in [0.29, 0.717) is 0 Å². The lowest BCUT2D eigenvalue weighted by Crippen LogP contribution is -2.51. The van der Waals surface area contributed by atoms with Crippen molar-refractivity contribution in [1.82, 2.24) is 20.0 Å². The van der Waals surface area contributed by atoms with Crippen LogP contribution in [0.3, 0.4) is 0 Å². The molecule has 3 amide bonds. The van der Waals surface area contributed by atoms with E-state index in [-0.39, 0.29) is 50.2 Å². The second-order valence-corrected chi connectivity index (χ2v) is 14.4. The van der Waals surface area contributed by atoms with E-state index in [4.69, 9.17) is 14.2 Å². The Balaban J connectivity index is 0.982. The van der Waals surface area contributed by atoms with Gasteiger partial charge in [0.15, 0.2) is 6.29 Å². The zero-order valence-electron chi connectivity index (χ0n) is 30.6. The van der Waals surface area contributed by atoms with Gasteiger partial charge in [-0.1, -0.05) is 116 Å². The average molecular weight is 733 g/mol. The van der Waals surface area contributed by atoms with Crippen LogP contribution in [-0.2, 0) is 50.1 Å². The number of carbonyl (C=O) groups is 3. The summed E-state index contributed by atoms with van der Waals surface area (Å²) in [6, 6.07) is 34.3. The number of imide groups is 1. The Morgan fingerprint density at radius 1 is 0.741 bits per heavy atom. The number of nitrogens with one attached hydrogen (secondary N) is 1. The maximum atomic E-state index is 13.2. The third-order valence-corrected chi connectivity index (χ3v) is 10.6. The van der Waals surface area contributed by atoms with Crippen LogP contribution < -0.4 is 5.32 Å². The van der Waals surface area contributed by atoms with E-state index >= 15 is 0 Å². The molecule has 0 bridgehead atoms. The number of rotatable bonds is 12. The minimum atomic E-state index is -0.974. The largest absolute Gasteiger partial charge is 0.445 e.